The minimum absolute atomic E-state index is 0.0225. The summed E-state index contributed by atoms with van der Waals surface area (Å²) in [4.78, 5) is 13.8. The molecule has 0 aromatic rings. The summed E-state index contributed by atoms with van der Waals surface area (Å²) >= 11 is 0. The summed E-state index contributed by atoms with van der Waals surface area (Å²) in [7, 11) is -3.29. The Morgan fingerprint density at radius 3 is 2.20 bits per heavy atom. The van der Waals surface area contributed by atoms with Gasteiger partial charge in [0.1, 0.15) is 0 Å². The second kappa shape index (κ2) is 5.97. The van der Waals surface area contributed by atoms with Gasteiger partial charge in [0.15, 0.2) is 5.67 Å². The number of hydrogen-bond acceptors (Lipinski definition) is 3. The summed E-state index contributed by atoms with van der Waals surface area (Å²) in [6.07, 6.45) is 2.36. The van der Waals surface area contributed by atoms with E-state index < -0.39 is 21.6 Å². The third kappa shape index (κ3) is 3.14. The van der Waals surface area contributed by atoms with Gasteiger partial charge in [0.05, 0.1) is 5.75 Å². The topological polar surface area (TPSA) is 57.7 Å². The Morgan fingerprint density at radius 1 is 1.15 bits per heavy atom. The monoisotopic (exact) mass is 306 g/mol. The van der Waals surface area contributed by atoms with E-state index in [9.17, 15) is 17.6 Å². The van der Waals surface area contributed by atoms with Gasteiger partial charge in [-0.2, -0.15) is 0 Å². The van der Waals surface area contributed by atoms with Gasteiger partial charge in [0, 0.05) is 39.0 Å². The second-order valence-electron chi connectivity index (χ2n) is 5.68. The maximum absolute atomic E-state index is 14.8. The lowest BCUT2D eigenvalue weighted by Gasteiger charge is -2.36. The molecule has 2 aliphatic heterocycles. The number of halogens is 1. The van der Waals surface area contributed by atoms with Gasteiger partial charge in [0.25, 0.3) is 5.91 Å². The number of carbonyl (C=O) groups is 1. The Bertz CT molecular complexity index is 452. The van der Waals surface area contributed by atoms with Crippen molar-refractivity contribution in [3.63, 3.8) is 0 Å². The van der Waals surface area contributed by atoms with Crippen LogP contribution in [0.25, 0.3) is 0 Å². The Balaban J connectivity index is 1.97. The molecule has 0 aliphatic carbocycles. The lowest BCUT2D eigenvalue weighted by atomic mass is 9.93. The summed E-state index contributed by atoms with van der Waals surface area (Å²) in [5, 5.41) is 0. The molecular weight excluding hydrogens is 283 g/mol. The van der Waals surface area contributed by atoms with Crippen molar-refractivity contribution in [2.45, 2.75) is 44.7 Å². The highest BCUT2D eigenvalue weighted by Crippen LogP contribution is 2.31. The van der Waals surface area contributed by atoms with E-state index in [-0.39, 0.29) is 31.7 Å². The molecule has 2 aliphatic rings. The number of sulfonamides is 1. The molecule has 0 radical (unpaired) electrons. The van der Waals surface area contributed by atoms with Gasteiger partial charge in [0.2, 0.25) is 10.0 Å². The van der Waals surface area contributed by atoms with Crippen LogP contribution in [-0.4, -0.2) is 61.1 Å². The molecule has 0 aromatic heterocycles. The van der Waals surface area contributed by atoms with E-state index in [1.54, 1.807) is 11.8 Å². The Hall–Kier alpha value is -0.690. The average Bonchev–Trinajstić information content (AvgIpc) is 2.92. The van der Waals surface area contributed by atoms with Gasteiger partial charge in [-0.25, -0.2) is 17.1 Å². The number of alkyl halides is 1. The van der Waals surface area contributed by atoms with E-state index >= 15 is 0 Å². The van der Waals surface area contributed by atoms with E-state index in [1.807, 2.05) is 0 Å². The van der Waals surface area contributed by atoms with Crippen molar-refractivity contribution >= 4 is 15.9 Å². The van der Waals surface area contributed by atoms with E-state index in [0.717, 1.165) is 12.8 Å². The molecule has 20 heavy (non-hydrogen) atoms. The van der Waals surface area contributed by atoms with Crippen LogP contribution in [0.5, 0.6) is 0 Å². The quantitative estimate of drug-likeness (QED) is 0.783. The van der Waals surface area contributed by atoms with Crippen LogP contribution in [-0.2, 0) is 14.8 Å². The Kier molecular flexibility index (Phi) is 4.69. The molecule has 0 aromatic carbocycles. The Morgan fingerprint density at radius 2 is 1.70 bits per heavy atom. The molecule has 0 N–H and O–H groups in total. The highest BCUT2D eigenvalue weighted by Gasteiger charge is 2.46. The van der Waals surface area contributed by atoms with E-state index in [0.29, 0.717) is 19.5 Å². The molecule has 0 saturated carbocycles. The third-order valence-electron chi connectivity index (χ3n) is 4.15. The van der Waals surface area contributed by atoms with Crippen LogP contribution in [0.2, 0.25) is 0 Å². The normalized spacial score (nSPS) is 24.0. The summed E-state index contributed by atoms with van der Waals surface area (Å²) < 4.78 is 39.9. The lowest BCUT2D eigenvalue weighted by molar-refractivity contribution is -0.145. The highest BCUT2D eigenvalue weighted by atomic mass is 32.2. The first-order chi connectivity index (χ1) is 9.39. The average molecular weight is 306 g/mol. The van der Waals surface area contributed by atoms with Crippen LogP contribution in [0, 0.1) is 0 Å². The molecule has 1 amide bonds. The summed E-state index contributed by atoms with van der Waals surface area (Å²) in [5.74, 6) is -0.352. The van der Waals surface area contributed by atoms with E-state index in [2.05, 4.69) is 0 Å². The predicted octanol–water partition coefficient (Wildman–Crippen LogP) is 1.15. The maximum Gasteiger partial charge on any atom is 0.260 e. The largest absolute Gasteiger partial charge is 0.340 e. The number of nitrogens with zero attached hydrogens (tertiary/aromatic N) is 2. The minimum atomic E-state index is -3.29. The van der Waals surface area contributed by atoms with Crippen molar-refractivity contribution in [2.24, 2.45) is 0 Å². The van der Waals surface area contributed by atoms with E-state index in [4.69, 9.17) is 0 Å². The fraction of sp³-hybridized carbons (Fsp3) is 0.923. The van der Waals surface area contributed by atoms with Crippen LogP contribution in [0.15, 0.2) is 0 Å². The SMILES string of the molecule is CCCS(=O)(=O)N1CCC(F)(C(=O)N2CCCC2)CC1. The van der Waals surface area contributed by atoms with Crippen molar-refractivity contribution in [3.05, 3.63) is 0 Å². The molecule has 2 saturated heterocycles. The highest BCUT2D eigenvalue weighted by molar-refractivity contribution is 7.89. The van der Waals surface area contributed by atoms with Crippen LogP contribution in [0.3, 0.4) is 0 Å². The van der Waals surface area contributed by atoms with Gasteiger partial charge in [-0.15, -0.1) is 0 Å². The van der Waals surface area contributed by atoms with Crippen molar-refractivity contribution in [2.75, 3.05) is 31.9 Å². The predicted molar refractivity (Wildman–Crippen MR) is 74.5 cm³/mol. The molecule has 0 atom stereocenters. The van der Waals surface area contributed by atoms with Crippen molar-refractivity contribution in [1.82, 2.24) is 9.21 Å². The van der Waals surface area contributed by atoms with Gasteiger partial charge >= 0.3 is 0 Å². The number of piperidine rings is 1. The summed E-state index contributed by atoms with van der Waals surface area (Å²) in [6.45, 7) is 3.28. The number of carbonyl (C=O) groups excluding carboxylic acids is 1. The first-order valence-corrected chi connectivity index (χ1v) is 8.96. The zero-order valence-electron chi connectivity index (χ0n) is 12.0. The first-order valence-electron chi connectivity index (χ1n) is 7.35. The third-order valence-corrected chi connectivity index (χ3v) is 6.22. The van der Waals surface area contributed by atoms with Gasteiger partial charge in [-0.3, -0.25) is 4.79 Å². The van der Waals surface area contributed by atoms with Gasteiger partial charge in [-0.1, -0.05) is 6.92 Å². The minimum Gasteiger partial charge on any atom is -0.340 e. The van der Waals surface area contributed by atoms with E-state index in [1.165, 1.54) is 4.31 Å². The molecule has 7 heteroatoms. The van der Waals surface area contributed by atoms with Gasteiger partial charge < -0.3 is 4.90 Å². The smallest absolute Gasteiger partial charge is 0.260 e. The molecule has 0 spiro atoms. The summed E-state index contributed by atoms with van der Waals surface area (Å²) in [6, 6.07) is 0. The standard InChI is InChI=1S/C13H23FN2O3S/c1-2-11-20(18,19)16-9-5-13(14,6-10-16)12(17)15-7-3-4-8-15/h2-11H2,1H3. The van der Waals surface area contributed by atoms with Crippen LogP contribution in [0.1, 0.15) is 39.0 Å². The summed E-state index contributed by atoms with van der Waals surface area (Å²) in [5.41, 5.74) is -1.87. The number of likely N-dealkylation sites (tertiary alicyclic amines) is 1. The van der Waals surface area contributed by atoms with Crippen molar-refractivity contribution in [3.8, 4) is 0 Å². The molecule has 2 fully saturated rings. The molecular formula is C13H23FN2O3S. The molecule has 0 bridgehead atoms. The lowest BCUT2D eigenvalue weighted by Crippen LogP contribution is -2.53. The van der Waals surface area contributed by atoms with Crippen LogP contribution < -0.4 is 0 Å². The molecule has 2 rings (SSSR count). The number of hydrogen-bond donors (Lipinski definition) is 0. The zero-order valence-corrected chi connectivity index (χ0v) is 12.8. The fourth-order valence-corrected chi connectivity index (χ4v) is 4.44. The molecule has 5 nitrogen and oxygen atoms in total. The molecule has 0 unspecified atom stereocenters. The number of rotatable bonds is 4. The van der Waals surface area contributed by atoms with Crippen LogP contribution >= 0.6 is 0 Å². The zero-order chi connectivity index (χ0) is 14.8. The van der Waals surface area contributed by atoms with Gasteiger partial charge in [-0.05, 0) is 19.3 Å². The Labute approximate surface area is 120 Å². The second-order valence-corrected chi connectivity index (χ2v) is 7.77. The fourth-order valence-electron chi connectivity index (χ4n) is 2.92. The van der Waals surface area contributed by atoms with Crippen molar-refractivity contribution in [1.29, 1.82) is 0 Å². The van der Waals surface area contributed by atoms with Crippen molar-refractivity contribution < 1.29 is 17.6 Å². The van der Waals surface area contributed by atoms with Crippen LogP contribution in [0.4, 0.5) is 4.39 Å². The maximum atomic E-state index is 14.8. The first kappa shape index (κ1) is 15.7. The molecule has 2 heterocycles. The number of amides is 1. The molecule has 116 valence electrons.